The first-order valence-corrected chi connectivity index (χ1v) is 7.26. The van der Waals surface area contributed by atoms with Crippen LogP contribution in [0.15, 0.2) is 0 Å². The van der Waals surface area contributed by atoms with Crippen LogP contribution >= 0.6 is 0 Å². The van der Waals surface area contributed by atoms with Crippen molar-refractivity contribution < 1.29 is 0 Å². The van der Waals surface area contributed by atoms with Crippen LogP contribution in [0.2, 0.25) is 0 Å². The summed E-state index contributed by atoms with van der Waals surface area (Å²) in [6, 6.07) is 0. The summed E-state index contributed by atoms with van der Waals surface area (Å²) in [7, 11) is 0. The van der Waals surface area contributed by atoms with Crippen LogP contribution in [0, 0.1) is 22.7 Å². The molecule has 0 aromatic carbocycles. The highest BCUT2D eigenvalue weighted by Gasteiger charge is 2.25. The number of rotatable bonds is 0. The van der Waals surface area contributed by atoms with E-state index >= 15 is 0 Å². The average molecular weight is 241 g/mol. The molecule has 1 aliphatic rings. The van der Waals surface area contributed by atoms with E-state index in [0.29, 0.717) is 10.8 Å². The molecule has 1 fully saturated rings. The summed E-state index contributed by atoms with van der Waals surface area (Å²) in [5.74, 6) is 1.74. The summed E-state index contributed by atoms with van der Waals surface area (Å²) < 4.78 is 0. The van der Waals surface area contributed by atoms with Crippen molar-refractivity contribution in [1.82, 2.24) is 5.32 Å². The molecule has 0 atom stereocenters. The van der Waals surface area contributed by atoms with E-state index in [1.165, 1.54) is 25.9 Å². The van der Waals surface area contributed by atoms with E-state index in [9.17, 15) is 0 Å². The molecule has 0 unspecified atom stereocenters. The van der Waals surface area contributed by atoms with E-state index in [2.05, 4.69) is 60.7 Å². The monoisotopic (exact) mass is 241 g/mol. The molecule has 1 heteroatoms. The Kier molecular flexibility index (Phi) is 6.76. The summed E-state index contributed by atoms with van der Waals surface area (Å²) in [5.41, 5.74) is 1.03. The zero-order chi connectivity index (χ0) is 13.7. The maximum absolute atomic E-state index is 3.39. The first-order chi connectivity index (χ1) is 7.55. The SMILES string of the molecule is CC(C)(C)C1CCNCC1.CC(C)C(C)(C)C. The number of piperidine rings is 1. The number of hydrogen-bond acceptors (Lipinski definition) is 1. The van der Waals surface area contributed by atoms with Crippen molar-refractivity contribution in [1.29, 1.82) is 0 Å². The highest BCUT2D eigenvalue weighted by molar-refractivity contribution is 4.78. The van der Waals surface area contributed by atoms with E-state index in [0.717, 1.165) is 11.8 Å². The molecular weight excluding hydrogens is 206 g/mol. The second-order valence-electron chi connectivity index (χ2n) is 7.91. The van der Waals surface area contributed by atoms with E-state index in [4.69, 9.17) is 0 Å². The van der Waals surface area contributed by atoms with Crippen LogP contribution in [0.25, 0.3) is 0 Å². The molecule has 1 N–H and O–H groups in total. The minimum atomic E-state index is 0.500. The third-order valence-corrected chi connectivity index (χ3v) is 4.30. The van der Waals surface area contributed by atoms with Crippen molar-refractivity contribution in [3.8, 4) is 0 Å². The van der Waals surface area contributed by atoms with Crippen LogP contribution in [0.1, 0.15) is 68.2 Å². The highest BCUT2D eigenvalue weighted by atomic mass is 14.9. The molecule has 0 spiro atoms. The molecule has 17 heavy (non-hydrogen) atoms. The van der Waals surface area contributed by atoms with Gasteiger partial charge < -0.3 is 5.32 Å². The molecule has 1 rings (SSSR count). The van der Waals surface area contributed by atoms with Crippen molar-refractivity contribution in [3.05, 3.63) is 0 Å². The summed E-state index contributed by atoms with van der Waals surface area (Å²) in [4.78, 5) is 0. The zero-order valence-corrected chi connectivity index (χ0v) is 13.5. The second kappa shape index (κ2) is 6.78. The highest BCUT2D eigenvalue weighted by Crippen LogP contribution is 2.32. The zero-order valence-electron chi connectivity index (χ0n) is 13.5. The molecule has 1 aliphatic heterocycles. The predicted octanol–water partition coefficient (Wildman–Crippen LogP) is 4.72. The largest absolute Gasteiger partial charge is 0.317 e. The van der Waals surface area contributed by atoms with Crippen molar-refractivity contribution in [2.24, 2.45) is 22.7 Å². The fourth-order valence-electron chi connectivity index (χ4n) is 1.69. The summed E-state index contributed by atoms with van der Waals surface area (Å²) in [5, 5.41) is 3.39. The van der Waals surface area contributed by atoms with Gasteiger partial charge in [-0.2, -0.15) is 0 Å². The minimum absolute atomic E-state index is 0.500. The van der Waals surface area contributed by atoms with Crippen LogP contribution in [0.4, 0.5) is 0 Å². The fraction of sp³-hybridized carbons (Fsp3) is 1.00. The Hall–Kier alpha value is -0.0400. The summed E-state index contributed by atoms with van der Waals surface area (Å²) in [6.07, 6.45) is 2.73. The van der Waals surface area contributed by atoms with Gasteiger partial charge in [0.15, 0.2) is 0 Å². The lowest BCUT2D eigenvalue weighted by Gasteiger charge is -2.34. The van der Waals surface area contributed by atoms with Gasteiger partial charge in [0.05, 0.1) is 0 Å². The van der Waals surface area contributed by atoms with Gasteiger partial charge in [0.1, 0.15) is 0 Å². The van der Waals surface area contributed by atoms with Crippen LogP contribution in [-0.2, 0) is 0 Å². The smallest absolute Gasteiger partial charge is 0.00461 e. The maximum Gasteiger partial charge on any atom is -0.00461 e. The van der Waals surface area contributed by atoms with Gasteiger partial charge in [-0.25, -0.2) is 0 Å². The predicted molar refractivity (Wildman–Crippen MR) is 79.3 cm³/mol. The molecular formula is C16H35N. The Morgan fingerprint density at radius 2 is 1.24 bits per heavy atom. The Balaban J connectivity index is 0.000000325. The molecule has 0 aliphatic carbocycles. The normalized spacial score (nSPS) is 18.9. The average Bonchev–Trinajstić information content (AvgIpc) is 2.17. The lowest BCUT2D eigenvalue weighted by atomic mass is 9.76. The number of hydrogen-bond donors (Lipinski definition) is 1. The fourth-order valence-corrected chi connectivity index (χ4v) is 1.69. The topological polar surface area (TPSA) is 12.0 Å². The van der Waals surface area contributed by atoms with Crippen LogP contribution in [-0.4, -0.2) is 13.1 Å². The maximum atomic E-state index is 3.39. The standard InChI is InChI=1S/C9H19N.C7H16/c1-9(2,3)8-4-6-10-7-5-8;1-6(2)7(3,4)5/h8,10H,4-7H2,1-3H3;6H,1-5H3. The lowest BCUT2D eigenvalue weighted by Crippen LogP contribution is -2.34. The Morgan fingerprint density at radius 1 is 0.882 bits per heavy atom. The molecule has 0 aromatic rings. The molecule has 0 saturated carbocycles. The van der Waals surface area contributed by atoms with Gasteiger partial charge in [0.2, 0.25) is 0 Å². The van der Waals surface area contributed by atoms with Crippen LogP contribution in [0.5, 0.6) is 0 Å². The molecule has 104 valence electrons. The van der Waals surface area contributed by atoms with Gasteiger partial charge in [-0.1, -0.05) is 55.4 Å². The van der Waals surface area contributed by atoms with Gasteiger partial charge in [-0.3, -0.25) is 0 Å². The molecule has 0 radical (unpaired) electrons. The van der Waals surface area contributed by atoms with Gasteiger partial charge in [-0.05, 0) is 48.6 Å². The Labute approximate surface area is 110 Å². The van der Waals surface area contributed by atoms with Crippen LogP contribution in [0.3, 0.4) is 0 Å². The summed E-state index contributed by atoms with van der Waals surface area (Å²) in [6.45, 7) is 20.8. The third kappa shape index (κ3) is 7.81. The Bertz CT molecular complexity index is 187. The molecule has 1 heterocycles. The lowest BCUT2D eigenvalue weighted by molar-refractivity contribution is 0.188. The van der Waals surface area contributed by atoms with Gasteiger partial charge >= 0.3 is 0 Å². The second-order valence-corrected chi connectivity index (χ2v) is 7.91. The third-order valence-electron chi connectivity index (χ3n) is 4.30. The Morgan fingerprint density at radius 3 is 1.41 bits per heavy atom. The molecule has 0 aromatic heterocycles. The molecule has 1 saturated heterocycles. The van der Waals surface area contributed by atoms with E-state index in [1.54, 1.807) is 0 Å². The minimum Gasteiger partial charge on any atom is -0.317 e. The van der Waals surface area contributed by atoms with Gasteiger partial charge in [0, 0.05) is 0 Å². The van der Waals surface area contributed by atoms with Crippen molar-refractivity contribution in [2.75, 3.05) is 13.1 Å². The summed E-state index contributed by atoms with van der Waals surface area (Å²) >= 11 is 0. The van der Waals surface area contributed by atoms with Crippen molar-refractivity contribution in [3.63, 3.8) is 0 Å². The molecule has 1 nitrogen and oxygen atoms in total. The first-order valence-electron chi connectivity index (χ1n) is 7.26. The van der Waals surface area contributed by atoms with Crippen LogP contribution < -0.4 is 5.32 Å². The van der Waals surface area contributed by atoms with Gasteiger partial charge in [0.25, 0.3) is 0 Å². The molecule has 0 bridgehead atoms. The number of nitrogens with one attached hydrogen (secondary N) is 1. The van der Waals surface area contributed by atoms with E-state index < -0.39 is 0 Å². The first kappa shape index (κ1) is 17.0. The molecule has 0 amide bonds. The van der Waals surface area contributed by atoms with Crippen molar-refractivity contribution in [2.45, 2.75) is 68.2 Å². The van der Waals surface area contributed by atoms with Crippen molar-refractivity contribution >= 4 is 0 Å². The van der Waals surface area contributed by atoms with Gasteiger partial charge in [-0.15, -0.1) is 0 Å². The quantitative estimate of drug-likeness (QED) is 0.647. The van der Waals surface area contributed by atoms with E-state index in [-0.39, 0.29) is 0 Å². The van der Waals surface area contributed by atoms with E-state index in [1.807, 2.05) is 0 Å².